The molecular weight excluding hydrogens is 466 g/mol. The summed E-state index contributed by atoms with van der Waals surface area (Å²) >= 11 is 0. The fraction of sp³-hybridized carbons (Fsp3) is 0.310. The number of hydrogen-bond donors (Lipinski definition) is 1. The molecule has 0 saturated carbocycles. The lowest BCUT2D eigenvalue weighted by atomic mass is 10.0. The van der Waals surface area contributed by atoms with Gasteiger partial charge in [-0.3, -0.25) is 9.59 Å². The molecule has 0 bridgehead atoms. The monoisotopic (exact) mass is 497 g/mol. The van der Waals surface area contributed by atoms with E-state index in [-0.39, 0.29) is 24.8 Å². The van der Waals surface area contributed by atoms with Gasteiger partial charge < -0.3 is 15.0 Å². The van der Waals surface area contributed by atoms with Gasteiger partial charge >= 0.3 is 0 Å². The lowest BCUT2D eigenvalue weighted by Crippen LogP contribution is -2.29. The van der Waals surface area contributed by atoms with Gasteiger partial charge in [0.15, 0.2) is 5.82 Å². The van der Waals surface area contributed by atoms with Crippen LogP contribution in [0.1, 0.15) is 34.4 Å². The van der Waals surface area contributed by atoms with E-state index in [9.17, 15) is 9.59 Å². The Kier molecular flexibility index (Phi) is 6.19. The minimum absolute atomic E-state index is 0.105. The second kappa shape index (κ2) is 9.35. The predicted octanol–water partition coefficient (Wildman–Crippen LogP) is 4.96. The van der Waals surface area contributed by atoms with Gasteiger partial charge in [-0.15, -0.1) is 0 Å². The number of benzene rings is 2. The summed E-state index contributed by atoms with van der Waals surface area (Å²) in [5, 5.41) is 8.72. The van der Waals surface area contributed by atoms with Crippen molar-refractivity contribution in [1.82, 2.24) is 14.8 Å². The van der Waals surface area contributed by atoms with Gasteiger partial charge in [0.2, 0.25) is 11.8 Å². The standard InChI is InChI=1S/C29H31N5O3/c1-16-7-8-24(37-6)23(11-16)33-15-21(14-27(33)35)29(36)31-26-13-20(5)32-34(26)25-12-18(3)22-10-17(2)9-19(4)28(22)30-25/h7-13,21H,14-15H2,1-6H3,(H,31,36). The van der Waals surface area contributed by atoms with Crippen molar-refractivity contribution < 1.29 is 14.3 Å². The Balaban J connectivity index is 1.42. The van der Waals surface area contributed by atoms with Crippen molar-refractivity contribution in [3.05, 3.63) is 70.4 Å². The zero-order valence-corrected chi connectivity index (χ0v) is 22.0. The molecule has 5 rings (SSSR count). The molecule has 2 amide bonds. The maximum absolute atomic E-state index is 13.3. The minimum Gasteiger partial charge on any atom is -0.495 e. The molecule has 0 aliphatic carbocycles. The third kappa shape index (κ3) is 4.55. The number of pyridine rings is 1. The topological polar surface area (TPSA) is 89.3 Å². The van der Waals surface area contributed by atoms with E-state index in [2.05, 4.69) is 43.3 Å². The van der Waals surface area contributed by atoms with Crippen molar-refractivity contribution in [1.29, 1.82) is 0 Å². The normalized spacial score (nSPS) is 15.5. The van der Waals surface area contributed by atoms with Crippen LogP contribution in [0.4, 0.5) is 11.5 Å². The fourth-order valence-electron chi connectivity index (χ4n) is 5.05. The lowest BCUT2D eigenvalue weighted by molar-refractivity contribution is -0.122. The van der Waals surface area contributed by atoms with Crippen LogP contribution < -0.4 is 15.0 Å². The van der Waals surface area contributed by atoms with E-state index < -0.39 is 5.92 Å². The number of nitrogens with zero attached hydrogens (tertiary/aromatic N) is 4. The van der Waals surface area contributed by atoms with E-state index in [1.165, 1.54) is 5.56 Å². The first-order valence-electron chi connectivity index (χ1n) is 12.4. The molecule has 1 saturated heterocycles. The summed E-state index contributed by atoms with van der Waals surface area (Å²) in [6.07, 6.45) is 0.127. The third-order valence-corrected chi connectivity index (χ3v) is 6.86. The minimum atomic E-state index is -0.502. The molecule has 0 spiro atoms. The highest BCUT2D eigenvalue weighted by atomic mass is 16.5. The Labute approximate surface area is 216 Å². The summed E-state index contributed by atoms with van der Waals surface area (Å²) in [5.41, 5.74) is 6.73. The zero-order chi connectivity index (χ0) is 26.4. The summed E-state index contributed by atoms with van der Waals surface area (Å²) in [4.78, 5) is 32.8. The molecular formula is C29H31N5O3. The fourth-order valence-corrected chi connectivity index (χ4v) is 5.05. The molecule has 1 aliphatic rings. The second-order valence-electron chi connectivity index (χ2n) is 9.93. The summed E-state index contributed by atoms with van der Waals surface area (Å²) in [7, 11) is 1.58. The second-order valence-corrected chi connectivity index (χ2v) is 9.93. The molecule has 2 aromatic carbocycles. The van der Waals surface area contributed by atoms with Crippen molar-refractivity contribution in [2.45, 2.75) is 41.0 Å². The highest BCUT2D eigenvalue weighted by Gasteiger charge is 2.36. The average Bonchev–Trinajstić information content (AvgIpc) is 3.41. The molecule has 0 radical (unpaired) electrons. The Bertz CT molecular complexity index is 1560. The summed E-state index contributed by atoms with van der Waals surface area (Å²) in [5.74, 6) is 0.931. The van der Waals surface area contributed by atoms with E-state index >= 15 is 0 Å². The quantitative estimate of drug-likeness (QED) is 0.421. The number of nitrogens with one attached hydrogen (secondary N) is 1. The van der Waals surface area contributed by atoms with E-state index in [1.807, 2.05) is 44.2 Å². The van der Waals surface area contributed by atoms with Gasteiger partial charge in [0, 0.05) is 24.4 Å². The Hall–Kier alpha value is -4.20. The first-order chi connectivity index (χ1) is 17.6. The van der Waals surface area contributed by atoms with E-state index in [4.69, 9.17) is 9.72 Å². The van der Waals surface area contributed by atoms with Crippen LogP contribution in [0.3, 0.4) is 0 Å². The molecule has 8 nitrogen and oxygen atoms in total. The lowest BCUT2D eigenvalue weighted by Gasteiger charge is -2.20. The van der Waals surface area contributed by atoms with Gasteiger partial charge in [-0.25, -0.2) is 4.98 Å². The van der Waals surface area contributed by atoms with Crippen LogP contribution in [-0.2, 0) is 9.59 Å². The van der Waals surface area contributed by atoms with Crippen molar-refractivity contribution in [2.24, 2.45) is 5.92 Å². The molecule has 1 aliphatic heterocycles. The van der Waals surface area contributed by atoms with Gasteiger partial charge in [0.05, 0.1) is 29.9 Å². The highest BCUT2D eigenvalue weighted by molar-refractivity contribution is 6.04. The molecule has 8 heteroatoms. The number of hydrogen-bond acceptors (Lipinski definition) is 5. The summed E-state index contributed by atoms with van der Waals surface area (Å²) in [6.45, 7) is 10.3. The van der Waals surface area contributed by atoms with Gasteiger partial charge in [0.1, 0.15) is 11.6 Å². The van der Waals surface area contributed by atoms with Gasteiger partial charge in [-0.1, -0.05) is 17.7 Å². The van der Waals surface area contributed by atoms with E-state index in [0.717, 1.165) is 33.3 Å². The zero-order valence-electron chi connectivity index (χ0n) is 22.0. The van der Waals surface area contributed by atoms with Crippen LogP contribution in [0.5, 0.6) is 5.75 Å². The van der Waals surface area contributed by atoms with Crippen molar-refractivity contribution in [2.75, 3.05) is 23.9 Å². The molecule has 1 fully saturated rings. The number of anilines is 2. The molecule has 1 atom stereocenters. The molecule has 190 valence electrons. The third-order valence-electron chi connectivity index (χ3n) is 6.86. The van der Waals surface area contributed by atoms with Crippen molar-refractivity contribution >= 4 is 34.2 Å². The Morgan fingerprint density at radius 2 is 1.78 bits per heavy atom. The molecule has 1 unspecified atom stereocenters. The summed E-state index contributed by atoms with van der Waals surface area (Å²) < 4.78 is 7.13. The maximum Gasteiger partial charge on any atom is 0.230 e. The van der Waals surface area contributed by atoms with Crippen LogP contribution in [0.25, 0.3) is 16.7 Å². The first-order valence-corrected chi connectivity index (χ1v) is 12.4. The first kappa shape index (κ1) is 24.5. The maximum atomic E-state index is 13.3. The number of carbonyl (C=O) groups is 2. The van der Waals surface area contributed by atoms with Gasteiger partial charge in [-0.05, 0) is 75.6 Å². The van der Waals surface area contributed by atoms with Crippen molar-refractivity contribution in [3.8, 4) is 11.6 Å². The van der Waals surface area contributed by atoms with Crippen LogP contribution in [0.2, 0.25) is 0 Å². The SMILES string of the molecule is COc1ccc(C)cc1N1CC(C(=O)Nc2cc(C)nn2-c2cc(C)c3cc(C)cc(C)c3n2)CC1=O. The number of carbonyl (C=O) groups excluding carboxylic acids is 2. The number of fused-ring (bicyclic) bond motifs is 1. The molecule has 3 heterocycles. The van der Waals surface area contributed by atoms with E-state index in [1.54, 1.807) is 16.7 Å². The molecule has 4 aromatic rings. The predicted molar refractivity (Wildman–Crippen MR) is 145 cm³/mol. The number of amides is 2. The number of ether oxygens (including phenoxy) is 1. The molecule has 37 heavy (non-hydrogen) atoms. The van der Waals surface area contributed by atoms with Crippen LogP contribution in [0, 0.1) is 40.5 Å². The summed E-state index contributed by atoms with van der Waals surface area (Å²) in [6, 6.07) is 13.7. The largest absolute Gasteiger partial charge is 0.495 e. The molecule has 2 aromatic heterocycles. The van der Waals surface area contributed by atoms with Crippen LogP contribution in [-0.4, -0.2) is 40.2 Å². The van der Waals surface area contributed by atoms with E-state index in [0.29, 0.717) is 23.1 Å². The Morgan fingerprint density at radius 3 is 2.54 bits per heavy atom. The van der Waals surface area contributed by atoms with Gasteiger partial charge in [0.25, 0.3) is 0 Å². The number of rotatable bonds is 5. The van der Waals surface area contributed by atoms with Crippen molar-refractivity contribution in [3.63, 3.8) is 0 Å². The van der Waals surface area contributed by atoms with Crippen LogP contribution in [0.15, 0.2) is 42.5 Å². The molecule has 1 N–H and O–H groups in total. The van der Waals surface area contributed by atoms with Crippen LogP contribution >= 0.6 is 0 Å². The number of methoxy groups -OCH3 is 1. The highest BCUT2D eigenvalue weighted by Crippen LogP contribution is 2.34. The smallest absolute Gasteiger partial charge is 0.230 e. The Morgan fingerprint density at radius 1 is 1.00 bits per heavy atom. The average molecular weight is 498 g/mol. The number of aryl methyl sites for hydroxylation is 5. The number of aromatic nitrogens is 3. The van der Waals surface area contributed by atoms with Gasteiger partial charge in [-0.2, -0.15) is 9.78 Å².